The van der Waals surface area contributed by atoms with Gasteiger partial charge in [-0.2, -0.15) is 0 Å². The number of halogens is 1. The molecule has 2 aromatic carbocycles. The van der Waals surface area contributed by atoms with Gasteiger partial charge in [0.05, 0.1) is 27.4 Å². The highest BCUT2D eigenvalue weighted by molar-refractivity contribution is 6.13. The van der Waals surface area contributed by atoms with E-state index in [0.717, 1.165) is 42.0 Å². The van der Waals surface area contributed by atoms with Gasteiger partial charge < -0.3 is 14.2 Å². The van der Waals surface area contributed by atoms with Gasteiger partial charge in [-0.3, -0.25) is 0 Å². The molecule has 0 N–H and O–H groups in total. The molecule has 0 bridgehead atoms. The van der Waals surface area contributed by atoms with Gasteiger partial charge in [0.25, 0.3) is 0 Å². The van der Waals surface area contributed by atoms with Gasteiger partial charge in [-0.25, -0.2) is 9.40 Å². The van der Waals surface area contributed by atoms with E-state index in [2.05, 4.69) is 41.4 Å². The minimum absolute atomic E-state index is 0.0639. The minimum atomic E-state index is 0.0639. The lowest BCUT2D eigenvalue weighted by atomic mass is 9.89. The van der Waals surface area contributed by atoms with Crippen molar-refractivity contribution >= 4 is 11.8 Å². The van der Waals surface area contributed by atoms with Crippen LogP contribution in [0.2, 0.25) is 0 Å². The van der Waals surface area contributed by atoms with Gasteiger partial charge in [0.15, 0.2) is 11.5 Å². The summed E-state index contributed by atoms with van der Waals surface area (Å²) in [4.78, 5) is 4.29. The van der Waals surface area contributed by atoms with E-state index in [-0.39, 0.29) is 6.04 Å². The van der Waals surface area contributed by atoms with E-state index < -0.39 is 0 Å². The number of ether oxygens (including phenoxy) is 3. The van der Waals surface area contributed by atoms with E-state index in [0.29, 0.717) is 5.88 Å². The smallest absolute Gasteiger partial charge is 0.221 e. The summed E-state index contributed by atoms with van der Waals surface area (Å²) in [5, 5.41) is 0. The summed E-state index contributed by atoms with van der Waals surface area (Å²) < 4.78 is 18.3. The summed E-state index contributed by atoms with van der Waals surface area (Å²) in [5.41, 5.74) is 5.70. The Balaban J connectivity index is 1.62. The molecule has 0 aliphatic carbocycles. The van der Waals surface area contributed by atoms with Gasteiger partial charge in [0.1, 0.15) is 0 Å². The molecule has 1 atom stereocenters. The monoisotopic (exact) mass is 424 g/mol. The number of hydrogen-bond acceptors (Lipinski definition) is 5. The fourth-order valence-corrected chi connectivity index (χ4v) is 4.28. The number of fused-ring (bicyclic) bond motifs is 1. The van der Waals surface area contributed by atoms with Crippen molar-refractivity contribution in [1.82, 2.24) is 9.40 Å². The number of methoxy groups -OCH3 is 3. The Morgan fingerprint density at radius 3 is 2.43 bits per heavy atom. The molecule has 1 aliphatic rings. The molecule has 0 radical (unpaired) electrons. The fraction of sp³-hybridized carbons (Fsp3) is 0.292. The van der Waals surface area contributed by atoms with E-state index in [1.807, 2.05) is 16.6 Å². The molecule has 0 saturated heterocycles. The molecule has 1 unspecified atom stereocenters. The van der Waals surface area contributed by atoms with Crippen molar-refractivity contribution in [3.63, 3.8) is 0 Å². The van der Waals surface area contributed by atoms with Crippen LogP contribution in [0.25, 0.3) is 11.1 Å². The van der Waals surface area contributed by atoms with Gasteiger partial charge in [0, 0.05) is 18.3 Å². The lowest BCUT2D eigenvalue weighted by molar-refractivity contribution is 0.316. The Hall–Kier alpha value is -2.76. The first-order chi connectivity index (χ1) is 14.6. The summed E-state index contributed by atoms with van der Waals surface area (Å²) >= 11 is 6.63. The first kappa shape index (κ1) is 20.5. The van der Waals surface area contributed by atoms with Gasteiger partial charge in [-0.15, -0.1) is 0 Å². The molecular formula is C24H25ClN2O3. The Labute approximate surface area is 182 Å². The van der Waals surface area contributed by atoms with Crippen molar-refractivity contribution in [3.05, 3.63) is 71.4 Å². The zero-order valence-electron chi connectivity index (χ0n) is 17.4. The molecule has 0 amide bonds. The van der Waals surface area contributed by atoms with E-state index >= 15 is 0 Å². The van der Waals surface area contributed by atoms with Crippen molar-refractivity contribution in [2.24, 2.45) is 0 Å². The third-order valence-corrected chi connectivity index (χ3v) is 6.00. The van der Waals surface area contributed by atoms with Crippen molar-refractivity contribution in [3.8, 4) is 28.5 Å². The van der Waals surface area contributed by atoms with Crippen LogP contribution >= 0.6 is 11.8 Å². The molecule has 1 aliphatic heterocycles. The summed E-state index contributed by atoms with van der Waals surface area (Å²) in [6.45, 7) is 0.791. The predicted molar refractivity (Wildman–Crippen MR) is 118 cm³/mol. The Morgan fingerprint density at radius 2 is 1.73 bits per heavy atom. The highest BCUT2D eigenvalue weighted by Gasteiger charge is 2.28. The van der Waals surface area contributed by atoms with Crippen LogP contribution in [-0.2, 0) is 12.8 Å². The SMILES string of the molecule is COc1cc2c(cc1OC)C(Cc1ccc(-c3cccnc3OC)cc1)N(Cl)CC2. The second kappa shape index (κ2) is 8.94. The van der Waals surface area contributed by atoms with Gasteiger partial charge in [-0.05, 0) is 71.1 Å². The normalized spacial score (nSPS) is 16.1. The van der Waals surface area contributed by atoms with E-state index in [9.17, 15) is 0 Å². The van der Waals surface area contributed by atoms with Gasteiger partial charge in [0.2, 0.25) is 5.88 Å². The standard InChI is InChI=1S/C24H25ClN2O3/c1-28-22-14-18-10-12-27(25)21(20(18)15-23(22)29-2)13-16-6-8-17(9-7-16)19-5-4-11-26-24(19)30-3/h4-9,11,14-15,21H,10,12-13H2,1-3H3. The fourth-order valence-electron chi connectivity index (χ4n) is 4.02. The van der Waals surface area contributed by atoms with Crippen LogP contribution in [0.5, 0.6) is 17.4 Å². The van der Waals surface area contributed by atoms with Crippen LogP contribution in [0.15, 0.2) is 54.7 Å². The molecule has 6 heteroatoms. The van der Waals surface area contributed by atoms with Crippen molar-refractivity contribution in [2.45, 2.75) is 18.9 Å². The molecule has 3 aromatic rings. The minimum Gasteiger partial charge on any atom is -0.493 e. The largest absolute Gasteiger partial charge is 0.493 e. The topological polar surface area (TPSA) is 43.8 Å². The molecule has 0 fully saturated rings. The zero-order chi connectivity index (χ0) is 21.1. The molecule has 0 saturated carbocycles. The number of nitrogens with zero attached hydrogens (tertiary/aromatic N) is 2. The first-order valence-electron chi connectivity index (χ1n) is 9.90. The maximum Gasteiger partial charge on any atom is 0.221 e. The summed E-state index contributed by atoms with van der Waals surface area (Å²) in [6, 6.07) is 16.6. The summed E-state index contributed by atoms with van der Waals surface area (Å²) in [7, 11) is 4.96. The van der Waals surface area contributed by atoms with Crippen LogP contribution in [0.4, 0.5) is 0 Å². The number of benzene rings is 2. The van der Waals surface area contributed by atoms with E-state index in [1.54, 1.807) is 27.5 Å². The lowest BCUT2D eigenvalue weighted by Crippen LogP contribution is -2.29. The number of rotatable bonds is 6. The molecule has 0 spiro atoms. The predicted octanol–water partition coefficient (Wildman–Crippen LogP) is 5.07. The lowest BCUT2D eigenvalue weighted by Gasteiger charge is -2.33. The number of aromatic nitrogens is 1. The molecule has 4 rings (SSSR count). The van der Waals surface area contributed by atoms with Crippen molar-refractivity contribution in [2.75, 3.05) is 27.9 Å². The van der Waals surface area contributed by atoms with Crippen LogP contribution in [0, 0.1) is 0 Å². The third kappa shape index (κ3) is 3.95. The molecule has 1 aromatic heterocycles. The van der Waals surface area contributed by atoms with E-state index in [1.165, 1.54) is 16.7 Å². The van der Waals surface area contributed by atoms with Crippen LogP contribution in [-0.4, -0.2) is 37.3 Å². The highest BCUT2D eigenvalue weighted by Crippen LogP contribution is 2.40. The van der Waals surface area contributed by atoms with Crippen molar-refractivity contribution in [1.29, 1.82) is 0 Å². The maximum absolute atomic E-state index is 6.63. The highest BCUT2D eigenvalue weighted by atomic mass is 35.5. The van der Waals surface area contributed by atoms with Crippen LogP contribution in [0.3, 0.4) is 0 Å². The number of pyridine rings is 1. The average molecular weight is 425 g/mol. The quantitative estimate of drug-likeness (QED) is 0.517. The average Bonchev–Trinajstić information content (AvgIpc) is 2.80. The molecule has 30 heavy (non-hydrogen) atoms. The van der Waals surface area contributed by atoms with Gasteiger partial charge >= 0.3 is 0 Å². The van der Waals surface area contributed by atoms with E-state index in [4.69, 9.17) is 26.0 Å². The third-order valence-electron chi connectivity index (χ3n) is 5.60. The van der Waals surface area contributed by atoms with Crippen molar-refractivity contribution < 1.29 is 14.2 Å². The molecule has 156 valence electrons. The van der Waals surface area contributed by atoms with Crippen LogP contribution in [0.1, 0.15) is 22.7 Å². The Kier molecular flexibility index (Phi) is 6.11. The summed E-state index contributed by atoms with van der Waals surface area (Å²) in [6.07, 6.45) is 3.42. The van der Waals surface area contributed by atoms with Gasteiger partial charge in [-0.1, -0.05) is 24.3 Å². The Morgan fingerprint density at radius 1 is 1.00 bits per heavy atom. The molecule has 2 heterocycles. The second-order valence-electron chi connectivity index (χ2n) is 7.26. The number of hydrogen-bond donors (Lipinski definition) is 0. The Bertz CT molecular complexity index is 1020. The molecule has 5 nitrogen and oxygen atoms in total. The van der Waals surface area contributed by atoms with Crippen LogP contribution < -0.4 is 14.2 Å². The maximum atomic E-state index is 6.63. The second-order valence-corrected chi connectivity index (χ2v) is 7.69. The zero-order valence-corrected chi connectivity index (χ0v) is 18.1. The molecular weight excluding hydrogens is 400 g/mol. The summed E-state index contributed by atoms with van der Waals surface area (Å²) in [5.74, 6) is 2.11. The first-order valence-corrected chi connectivity index (χ1v) is 10.2.